The van der Waals surface area contributed by atoms with Crippen molar-refractivity contribution in [2.75, 3.05) is 38.0 Å². The Hall–Kier alpha value is -3.64. The number of hydrogen-bond donors (Lipinski definition) is 2. The number of carbonyl (C=O) groups excluding carboxylic acids is 2. The van der Waals surface area contributed by atoms with Crippen LogP contribution >= 0.6 is 22.9 Å². The first-order valence-corrected chi connectivity index (χ1v) is 18.5. The molecule has 2 saturated carbocycles. The van der Waals surface area contributed by atoms with Gasteiger partial charge in [-0.15, -0.1) is 0 Å². The second-order valence-corrected chi connectivity index (χ2v) is 15.1. The van der Waals surface area contributed by atoms with E-state index in [-0.39, 0.29) is 17.9 Å². The van der Waals surface area contributed by atoms with E-state index < -0.39 is 0 Å². The van der Waals surface area contributed by atoms with Crippen molar-refractivity contribution in [2.45, 2.75) is 70.4 Å². The first kappa shape index (κ1) is 31.6. The monoisotopic (exact) mass is 684 g/mol. The summed E-state index contributed by atoms with van der Waals surface area (Å²) in [6.45, 7) is 7.50. The zero-order valence-corrected chi connectivity index (χ0v) is 28.8. The van der Waals surface area contributed by atoms with Gasteiger partial charge in [0, 0.05) is 80.8 Å². The fraction of sp³-hybridized carbons (Fsp3) is 0.472. The number of aromatic nitrogens is 4. The largest absolute Gasteiger partial charge is 0.349 e. The highest BCUT2D eigenvalue weighted by molar-refractivity contribution is 7.19. The topological polar surface area (TPSA) is 108 Å². The van der Waals surface area contributed by atoms with E-state index in [0.717, 1.165) is 77.5 Å². The van der Waals surface area contributed by atoms with Crippen molar-refractivity contribution in [1.82, 2.24) is 34.9 Å². The Morgan fingerprint density at radius 3 is 2.54 bits per heavy atom. The molecule has 3 fully saturated rings. The van der Waals surface area contributed by atoms with Crippen LogP contribution in [0.25, 0.3) is 27.5 Å². The second-order valence-electron chi connectivity index (χ2n) is 13.7. The van der Waals surface area contributed by atoms with E-state index in [4.69, 9.17) is 21.7 Å². The fourth-order valence-electron chi connectivity index (χ4n) is 7.63. The minimum atomic E-state index is -0.159. The summed E-state index contributed by atoms with van der Waals surface area (Å²) in [7, 11) is 0. The number of amides is 2. The summed E-state index contributed by atoms with van der Waals surface area (Å²) in [5.74, 6) is 0.706. The van der Waals surface area contributed by atoms with Gasteiger partial charge in [-0.1, -0.05) is 22.9 Å². The summed E-state index contributed by atoms with van der Waals surface area (Å²) < 4.78 is 1.86. The predicted molar refractivity (Wildman–Crippen MR) is 189 cm³/mol. The second kappa shape index (κ2) is 13.3. The Morgan fingerprint density at radius 2 is 1.83 bits per heavy atom. The maximum absolute atomic E-state index is 13.4. The highest BCUT2D eigenvalue weighted by Crippen LogP contribution is 2.44. The average Bonchev–Trinajstić information content (AvgIpc) is 3.68. The van der Waals surface area contributed by atoms with Crippen LogP contribution in [-0.2, 0) is 17.6 Å². The third-order valence-electron chi connectivity index (χ3n) is 10.3. The SMILES string of the molecule is CC(=O)Nc1nc2c(s1)-c1c(c(-c3cccnc3)nn1-c1ccc(C(=O)NC3CCC(N4CCN(CC5CC5)CC4)CC3)cc1Cl)CC2. The normalized spacial score (nSPS) is 21.4. The molecule has 4 aliphatic rings. The molecule has 0 bridgehead atoms. The molecule has 3 aliphatic carbocycles. The highest BCUT2D eigenvalue weighted by atomic mass is 35.5. The number of aryl methyl sites for hydroxylation is 1. The van der Waals surface area contributed by atoms with Gasteiger partial charge in [0.25, 0.3) is 5.91 Å². The molecule has 3 aromatic heterocycles. The van der Waals surface area contributed by atoms with Gasteiger partial charge < -0.3 is 15.5 Å². The number of piperazine rings is 1. The molecule has 0 unspecified atom stereocenters. The van der Waals surface area contributed by atoms with Crippen molar-refractivity contribution >= 4 is 39.9 Å². The summed E-state index contributed by atoms with van der Waals surface area (Å²) in [6, 6.07) is 10.2. The number of thiazole rings is 1. The van der Waals surface area contributed by atoms with Crippen LogP contribution in [0, 0.1) is 5.92 Å². The molecule has 4 heterocycles. The van der Waals surface area contributed by atoms with Crippen molar-refractivity contribution in [3.05, 3.63) is 64.6 Å². The molecule has 8 rings (SSSR count). The lowest BCUT2D eigenvalue weighted by atomic mass is 9.89. The van der Waals surface area contributed by atoms with E-state index in [1.165, 1.54) is 63.8 Å². The number of nitrogens with zero attached hydrogens (tertiary/aromatic N) is 6. The van der Waals surface area contributed by atoms with Gasteiger partial charge in [0.15, 0.2) is 5.13 Å². The van der Waals surface area contributed by atoms with Crippen LogP contribution in [0.1, 0.15) is 67.1 Å². The molecular formula is C36H41ClN8O2S. The predicted octanol–water partition coefficient (Wildman–Crippen LogP) is 5.84. The van der Waals surface area contributed by atoms with Crippen LogP contribution in [-0.4, -0.2) is 86.2 Å². The molecule has 1 saturated heterocycles. The molecule has 1 aliphatic heterocycles. The van der Waals surface area contributed by atoms with Gasteiger partial charge in [0.05, 0.1) is 32.7 Å². The van der Waals surface area contributed by atoms with Gasteiger partial charge >= 0.3 is 0 Å². The van der Waals surface area contributed by atoms with Crippen molar-refractivity contribution in [3.8, 4) is 27.5 Å². The van der Waals surface area contributed by atoms with Gasteiger partial charge in [0.2, 0.25) is 5.91 Å². The van der Waals surface area contributed by atoms with Crippen molar-refractivity contribution < 1.29 is 9.59 Å². The Morgan fingerprint density at radius 1 is 1.02 bits per heavy atom. The minimum absolute atomic E-state index is 0.0937. The molecule has 12 heteroatoms. The number of fused-ring (bicyclic) bond motifs is 3. The van der Waals surface area contributed by atoms with Crippen LogP contribution in [0.15, 0.2) is 42.7 Å². The minimum Gasteiger partial charge on any atom is -0.349 e. The summed E-state index contributed by atoms with van der Waals surface area (Å²) >= 11 is 8.40. The summed E-state index contributed by atoms with van der Waals surface area (Å²) in [4.78, 5) is 40.6. The molecule has 48 heavy (non-hydrogen) atoms. The number of pyridine rings is 1. The molecule has 2 N–H and O–H groups in total. The maximum Gasteiger partial charge on any atom is 0.251 e. The maximum atomic E-state index is 13.4. The Kier molecular flexibility index (Phi) is 8.79. The number of anilines is 1. The van der Waals surface area contributed by atoms with Crippen molar-refractivity contribution in [1.29, 1.82) is 0 Å². The van der Waals surface area contributed by atoms with E-state index in [1.54, 1.807) is 12.3 Å². The number of hydrogen-bond acceptors (Lipinski definition) is 8. The van der Waals surface area contributed by atoms with E-state index in [9.17, 15) is 9.59 Å². The molecule has 0 radical (unpaired) electrons. The van der Waals surface area contributed by atoms with Gasteiger partial charge in [-0.25, -0.2) is 9.67 Å². The van der Waals surface area contributed by atoms with Gasteiger partial charge in [-0.05, 0) is 87.6 Å². The molecule has 0 spiro atoms. The number of carbonyl (C=O) groups is 2. The number of halogens is 1. The number of benzene rings is 1. The van der Waals surface area contributed by atoms with E-state index in [2.05, 4.69) is 25.4 Å². The Bertz CT molecular complexity index is 1820. The first-order chi connectivity index (χ1) is 23.4. The Balaban J connectivity index is 0.978. The lowest BCUT2D eigenvalue weighted by Crippen LogP contribution is -2.52. The lowest BCUT2D eigenvalue weighted by molar-refractivity contribution is -0.114. The summed E-state index contributed by atoms with van der Waals surface area (Å²) in [5, 5.41) is 12.2. The fourth-order valence-corrected chi connectivity index (χ4v) is 9.01. The quantitative estimate of drug-likeness (QED) is 0.240. The first-order valence-electron chi connectivity index (χ1n) is 17.3. The van der Waals surface area contributed by atoms with Crippen molar-refractivity contribution in [3.63, 3.8) is 0 Å². The molecule has 0 atom stereocenters. The average molecular weight is 685 g/mol. The lowest BCUT2D eigenvalue weighted by Gasteiger charge is -2.42. The molecule has 10 nitrogen and oxygen atoms in total. The van der Waals surface area contributed by atoms with Gasteiger partial charge in [-0.2, -0.15) is 5.10 Å². The molecule has 1 aromatic carbocycles. The molecular weight excluding hydrogens is 644 g/mol. The molecule has 2 amide bonds. The number of rotatable bonds is 8. The zero-order valence-electron chi connectivity index (χ0n) is 27.3. The van der Waals surface area contributed by atoms with Crippen LogP contribution < -0.4 is 10.6 Å². The standard InChI is InChI=1S/C36H41ClN8O2S/c1-22(46)39-36-41-30-12-11-28-32(25-3-2-14-38-20-25)42-45(33(28)34(30)48-36)31-13-6-24(19-29(31)37)35(47)40-26-7-9-27(10-8-26)44-17-15-43(16-18-44)21-23-4-5-23/h2-3,6,13-14,19-20,23,26-27H,4-5,7-12,15-18,21H2,1H3,(H,40,47)(H,39,41,46). The number of nitrogens with one attached hydrogen (secondary N) is 2. The summed E-state index contributed by atoms with van der Waals surface area (Å²) in [6.07, 6.45) is 12.1. The summed E-state index contributed by atoms with van der Waals surface area (Å²) in [5.41, 5.74) is 5.89. The smallest absolute Gasteiger partial charge is 0.251 e. The van der Waals surface area contributed by atoms with Crippen molar-refractivity contribution in [2.24, 2.45) is 5.92 Å². The van der Waals surface area contributed by atoms with Crippen LogP contribution in [0.5, 0.6) is 0 Å². The van der Waals surface area contributed by atoms with Gasteiger partial charge in [0.1, 0.15) is 0 Å². The van der Waals surface area contributed by atoms with Crippen LogP contribution in [0.4, 0.5) is 5.13 Å². The van der Waals surface area contributed by atoms with E-state index in [0.29, 0.717) is 27.4 Å². The van der Waals surface area contributed by atoms with E-state index in [1.807, 2.05) is 35.1 Å². The van der Waals surface area contributed by atoms with Crippen LogP contribution in [0.3, 0.4) is 0 Å². The van der Waals surface area contributed by atoms with Gasteiger partial charge in [-0.3, -0.25) is 19.5 Å². The third kappa shape index (κ3) is 6.53. The van der Waals surface area contributed by atoms with Crippen LogP contribution in [0.2, 0.25) is 5.02 Å². The third-order valence-corrected chi connectivity index (χ3v) is 11.7. The zero-order chi connectivity index (χ0) is 32.8. The van der Waals surface area contributed by atoms with E-state index >= 15 is 0 Å². The molecule has 4 aromatic rings. The highest BCUT2D eigenvalue weighted by Gasteiger charge is 2.33. The molecule has 250 valence electrons. The Labute approximate surface area is 289 Å².